The van der Waals surface area contributed by atoms with Crippen LogP contribution in [0.15, 0.2) is 45.7 Å². The quantitative estimate of drug-likeness (QED) is 0.888. The summed E-state index contributed by atoms with van der Waals surface area (Å²) in [6.45, 7) is 2.85. The number of halogens is 2. The van der Waals surface area contributed by atoms with E-state index in [-0.39, 0.29) is 6.04 Å². The number of rotatable bonds is 4. The maximum absolute atomic E-state index is 4.37. The van der Waals surface area contributed by atoms with E-state index in [0.29, 0.717) is 0 Å². The van der Waals surface area contributed by atoms with E-state index in [2.05, 4.69) is 54.1 Å². The molecule has 0 radical (unpaired) electrons. The molecule has 2 rings (SSSR count). The van der Waals surface area contributed by atoms with E-state index in [1.165, 1.54) is 5.56 Å². The van der Waals surface area contributed by atoms with Crippen LogP contribution in [0.1, 0.15) is 24.2 Å². The fourth-order valence-electron chi connectivity index (χ4n) is 1.59. The Bertz CT molecular complexity index is 517. The topological polar surface area (TPSA) is 37.8 Å². The molecule has 3 nitrogen and oxygen atoms in total. The van der Waals surface area contributed by atoms with Gasteiger partial charge in [-0.1, -0.05) is 0 Å². The minimum Gasteiger partial charge on any atom is -0.305 e. The van der Waals surface area contributed by atoms with Crippen LogP contribution >= 0.6 is 31.9 Å². The molecule has 0 aromatic carbocycles. The fraction of sp³-hybridized carbons (Fsp3) is 0.231. The normalized spacial score (nSPS) is 12.4. The first-order chi connectivity index (χ1) is 8.66. The monoisotopic (exact) mass is 369 g/mol. The number of nitrogens with zero attached hydrogens (tertiary/aromatic N) is 2. The number of pyridine rings is 2. The molecule has 0 saturated carbocycles. The van der Waals surface area contributed by atoms with Gasteiger partial charge in [-0.15, -0.1) is 0 Å². The molecular weight excluding hydrogens is 358 g/mol. The van der Waals surface area contributed by atoms with E-state index in [4.69, 9.17) is 0 Å². The third kappa shape index (κ3) is 3.60. The van der Waals surface area contributed by atoms with Gasteiger partial charge in [0.25, 0.3) is 0 Å². The molecular formula is C13H13Br2N3. The van der Waals surface area contributed by atoms with Crippen molar-refractivity contribution in [3.8, 4) is 0 Å². The maximum atomic E-state index is 4.37. The Hall–Kier alpha value is -0.780. The molecule has 0 aliphatic rings. The second kappa shape index (κ2) is 6.41. The molecule has 0 spiro atoms. The Morgan fingerprint density at radius 3 is 2.67 bits per heavy atom. The van der Waals surface area contributed by atoms with Crippen molar-refractivity contribution in [3.63, 3.8) is 0 Å². The third-order valence-electron chi connectivity index (χ3n) is 2.67. The van der Waals surface area contributed by atoms with E-state index in [1.807, 2.05) is 18.2 Å². The van der Waals surface area contributed by atoms with Crippen LogP contribution in [0.3, 0.4) is 0 Å². The van der Waals surface area contributed by atoms with Gasteiger partial charge in [0, 0.05) is 40.1 Å². The lowest BCUT2D eigenvalue weighted by atomic mass is 10.1. The zero-order valence-electron chi connectivity index (χ0n) is 9.90. The van der Waals surface area contributed by atoms with Gasteiger partial charge in [-0.05, 0) is 62.5 Å². The summed E-state index contributed by atoms with van der Waals surface area (Å²) in [6, 6.07) is 6.30. The van der Waals surface area contributed by atoms with Crippen molar-refractivity contribution in [2.45, 2.75) is 19.5 Å². The molecule has 0 aliphatic heterocycles. The molecule has 1 N–H and O–H groups in total. The van der Waals surface area contributed by atoms with E-state index in [9.17, 15) is 0 Å². The molecule has 0 saturated heterocycles. The Kier molecular flexibility index (Phi) is 4.86. The molecule has 2 heterocycles. The highest BCUT2D eigenvalue weighted by molar-refractivity contribution is 9.11. The largest absolute Gasteiger partial charge is 0.305 e. The number of nitrogens with one attached hydrogen (secondary N) is 1. The molecule has 0 bridgehead atoms. The predicted molar refractivity (Wildman–Crippen MR) is 79.1 cm³/mol. The molecule has 2 aromatic rings. The van der Waals surface area contributed by atoms with Crippen LogP contribution in [0, 0.1) is 0 Å². The Balaban J connectivity index is 1.99. The Morgan fingerprint density at radius 2 is 2.00 bits per heavy atom. The van der Waals surface area contributed by atoms with Crippen molar-refractivity contribution < 1.29 is 0 Å². The highest BCUT2D eigenvalue weighted by Crippen LogP contribution is 2.20. The minimum atomic E-state index is 0.269. The van der Waals surface area contributed by atoms with Gasteiger partial charge < -0.3 is 5.32 Å². The van der Waals surface area contributed by atoms with Gasteiger partial charge in [0.1, 0.15) is 0 Å². The molecule has 0 fully saturated rings. The van der Waals surface area contributed by atoms with E-state index < -0.39 is 0 Å². The van der Waals surface area contributed by atoms with E-state index in [0.717, 1.165) is 21.2 Å². The predicted octanol–water partition coefficient (Wildman–Crippen LogP) is 3.85. The third-order valence-corrected chi connectivity index (χ3v) is 3.79. The second-order valence-corrected chi connectivity index (χ2v) is 5.74. The first-order valence-electron chi connectivity index (χ1n) is 5.60. The summed E-state index contributed by atoms with van der Waals surface area (Å²) in [4.78, 5) is 8.39. The van der Waals surface area contributed by atoms with Crippen LogP contribution < -0.4 is 5.32 Å². The standard InChI is InChI=1S/C13H13Br2N3/c1-9(10-2-4-16-5-3-10)17-8-13-12(15)6-11(14)7-18-13/h2-7,9,17H,8H2,1H3/t9-/m1/s1. The average molecular weight is 371 g/mol. The summed E-state index contributed by atoms with van der Waals surface area (Å²) in [5.41, 5.74) is 2.22. The molecule has 1 atom stereocenters. The van der Waals surface area contributed by atoms with Gasteiger partial charge in [0.2, 0.25) is 0 Å². The van der Waals surface area contributed by atoms with Crippen molar-refractivity contribution in [2.75, 3.05) is 0 Å². The first-order valence-corrected chi connectivity index (χ1v) is 7.18. The smallest absolute Gasteiger partial charge is 0.0684 e. The van der Waals surface area contributed by atoms with Crippen molar-refractivity contribution >= 4 is 31.9 Å². The minimum absolute atomic E-state index is 0.269. The molecule has 5 heteroatoms. The van der Waals surface area contributed by atoms with Gasteiger partial charge >= 0.3 is 0 Å². The number of aromatic nitrogens is 2. The Labute approximate surface area is 123 Å². The van der Waals surface area contributed by atoms with Crippen LogP contribution in [0.25, 0.3) is 0 Å². The lowest BCUT2D eigenvalue weighted by Gasteiger charge is -2.14. The van der Waals surface area contributed by atoms with Crippen molar-refractivity contribution in [3.05, 3.63) is 57.0 Å². The Morgan fingerprint density at radius 1 is 1.28 bits per heavy atom. The fourth-order valence-corrected chi connectivity index (χ4v) is 2.72. The summed E-state index contributed by atoms with van der Waals surface area (Å²) in [5.74, 6) is 0. The molecule has 0 unspecified atom stereocenters. The van der Waals surface area contributed by atoms with Crippen LogP contribution in [-0.4, -0.2) is 9.97 Å². The molecule has 0 aliphatic carbocycles. The van der Waals surface area contributed by atoms with Gasteiger partial charge in [-0.2, -0.15) is 0 Å². The molecule has 18 heavy (non-hydrogen) atoms. The van der Waals surface area contributed by atoms with Crippen LogP contribution in [0.5, 0.6) is 0 Å². The van der Waals surface area contributed by atoms with Crippen molar-refractivity contribution in [1.29, 1.82) is 0 Å². The van der Waals surface area contributed by atoms with Crippen molar-refractivity contribution in [1.82, 2.24) is 15.3 Å². The van der Waals surface area contributed by atoms with Crippen LogP contribution in [0.2, 0.25) is 0 Å². The van der Waals surface area contributed by atoms with Crippen molar-refractivity contribution in [2.24, 2.45) is 0 Å². The van der Waals surface area contributed by atoms with E-state index >= 15 is 0 Å². The van der Waals surface area contributed by atoms with Gasteiger partial charge in [0.15, 0.2) is 0 Å². The lowest BCUT2D eigenvalue weighted by molar-refractivity contribution is 0.566. The van der Waals surface area contributed by atoms with Crippen LogP contribution in [0.4, 0.5) is 0 Å². The van der Waals surface area contributed by atoms with Gasteiger partial charge in [-0.3, -0.25) is 9.97 Å². The second-order valence-electron chi connectivity index (χ2n) is 3.97. The molecule has 2 aromatic heterocycles. The first kappa shape index (κ1) is 13.6. The van der Waals surface area contributed by atoms with E-state index in [1.54, 1.807) is 18.6 Å². The maximum Gasteiger partial charge on any atom is 0.0684 e. The highest BCUT2D eigenvalue weighted by Gasteiger charge is 2.07. The van der Waals surface area contributed by atoms with Gasteiger partial charge in [0.05, 0.1) is 5.69 Å². The summed E-state index contributed by atoms with van der Waals surface area (Å²) in [6.07, 6.45) is 5.42. The highest BCUT2D eigenvalue weighted by atomic mass is 79.9. The number of hydrogen-bond acceptors (Lipinski definition) is 3. The lowest BCUT2D eigenvalue weighted by Crippen LogP contribution is -2.19. The number of hydrogen-bond donors (Lipinski definition) is 1. The zero-order valence-corrected chi connectivity index (χ0v) is 13.1. The summed E-state index contributed by atoms with van der Waals surface area (Å²) >= 11 is 6.90. The van der Waals surface area contributed by atoms with Gasteiger partial charge in [-0.25, -0.2) is 0 Å². The average Bonchev–Trinajstić information content (AvgIpc) is 2.38. The SMILES string of the molecule is C[C@@H](NCc1ncc(Br)cc1Br)c1ccncc1. The zero-order chi connectivity index (χ0) is 13.0. The summed E-state index contributed by atoms with van der Waals surface area (Å²) < 4.78 is 1.98. The molecule has 94 valence electrons. The van der Waals surface area contributed by atoms with Crippen LogP contribution in [-0.2, 0) is 6.54 Å². The summed E-state index contributed by atoms with van der Waals surface area (Å²) in [7, 11) is 0. The molecule has 0 amide bonds. The summed E-state index contributed by atoms with van der Waals surface area (Å²) in [5, 5.41) is 3.44.